The predicted molar refractivity (Wildman–Crippen MR) is 113 cm³/mol. The lowest BCUT2D eigenvalue weighted by atomic mass is 10.0. The molecular weight excluding hydrogens is 368 g/mol. The lowest BCUT2D eigenvalue weighted by Gasteiger charge is -2.17. The van der Waals surface area contributed by atoms with Crippen molar-refractivity contribution in [2.45, 2.75) is 39.5 Å². The van der Waals surface area contributed by atoms with Crippen LogP contribution in [0.15, 0.2) is 36.4 Å². The molecule has 0 atom stereocenters. The Morgan fingerprint density at radius 3 is 2.66 bits per heavy atom. The standard InChI is InChI=1S/C23H28N2O4/c1-16-5-3-6-17(2)23(16)29-14-12-24-21(26)7-4-13-28-19-9-10-20-18(15-19)8-11-22(27)25-20/h3,5-6,9-10,15H,4,7-8,11-14H2,1-2H3,(H,24,26)(H,25,27). The smallest absolute Gasteiger partial charge is 0.224 e. The molecule has 2 N–H and O–H groups in total. The maximum atomic E-state index is 12.0. The van der Waals surface area contributed by atoms with Crippen molar-refractivity contribution in [1.82, 2.24) is 5.32 Å². The highest BCUT2D eigenvalue weighted by Crippen LogP contribution is 2.27. The Kier molecular flexibility index (Phi) is 7.11. The van der Waals surface area contributed by atoms with E-state index in [1.807, 2.05) is 50.2 Å². The van der Waals surface area contributed by atoms with E-state index >= 15 is 0 Å². The zero-order chi connectivity index (χ0) is 20.6. The van der Waals surface area contributed by atoms with E-state index in [1.54, 1.807) is 0 Å². The molecule has 3 rings (SSSR count). The maximum Gasteiger partial charge on any atom is 0.224 e. The highest BCUT2D eigenvalue weighted by atomic mass is 16.5. The Morgan fingerprint density at radius 2 is 1.86 bits per heavy atom. The Hall–Kier alpha value is -3.02. The van der Waals surface area contributed by atoms with Crippen molar-refractivity contribution in [3.63, 3.8) is 0 Å². The van der Waals surface area contributed by atoms with Gasteiger partial charge in [0.25, 0.3) is 0 Å². The van der Waals surface area contributed by atoms with Crippen molar-refractivity contribution in [3.8, 4) is 11.5 Å². The third kappa shape index (κ3) is 5.98. The quantitative estimate of drug-likeness (QED) is 0.636. The van der Waals surface area contributed by atoms with E-state index in [9.17, 15) is 9.59 Å². The number of para-hydroxylation sites is 1. The van der Waals surface area contributed by atoms with Crippen LogP contribution in [0, 0.1) is 13.8 Å². The van der Waals surface area contributed by atoms with Crippen LogP contribution in [0.3, 0.4) is 0 Å². The molecule has 0 aromatic heterocycles. The van der Waals surface area contributed by atoms with Gasteiger partial charge in [-0.05, 0) is 61.6 Å². The van der Waals surface area contributed by atoms with Crippen LogP contribution >= 0.6 is 0 Å². The van der Waals surface area contributed by atoms with Crippen molar-refractivity contribution in [2.24, 2.45) is 0 Å². The zero-order valence-corrected chi connectivity index (χ0v) is 17.0. The van der Waals surface area contributed by atoms with Crippen LogP contribution in [0.5, 0.6) is 11.5 Å². The summed E-state index contributed by atoms with van der Waals surface area (Å²) in [6, 6.07) is 11.7. The second kappa shape index (κ2) is 9.96. The van der Waals surface area contributed by atoms with Gasteiger partial charge in [0.1, 0.15) is 18.1 Å². The number of carbonyl (C=O) groups is 2. The fourth-order valence-electron chi connectivity index (χ4n) is 3.33. The fourth-order valence-corrected chi connectivity index (χ4v) is 3.33. The molecule has 6 nitrogen and oxygen atoms in total. The van der Waals surface area contributed by atoms with Gasteiger partial charge in [-0.15, -0.1) is 0 Å². The normalized spacial score (nSPS) is 12.7. The van der Waals surface area contributed by atoms with E-state index < -0.39 is 0 Å². The third-order valence-electron chi connectivity index (χ3n) is 4.87. The van der Waals surface area contributed by atoms with Gasteiger partial charge in [-0.2, -0.15) is 0 Å². The van der Waals surface area contributed by atoms with Crippen LogP contribution in [0.2, 0.25) is 0 Å². The summed E-state index contributed by atoms with van der Waals surface area (Å²) in [7, 11) is 0. The molecule has 6 heteroatoms. The van der Waals surface area contributed by atoms with E-state index in [2.05, 4.69) is 10.6 Å². The van der Waals surface area contributed by atoms with Crippen LogP contribution in [-0.2, 0) is 16.0 Å². The number of rotatable bonds is 9. The van der Waals surface area contributed by atoms with Crippen molar-refractivity contribution in [1.29, 1.82) is 0 Å². The van der Waals surface area contributed by atoms with Gasteiger partial charge >= 0.3 is 0 Å². The topological polar surface area (TPSA) is 76.7 Å². The molecule has 0 bridgehead atoms. The summed E-state index contributed by atoms with van der Waals surface area (Å²) in [5.74, 6) is 1.70. The predicted octanol–water partition coefficient (Wildman–Crippen LogP) is 3.54. The van der Waals surface area contributed by atoms with Gasteiger partial charge in [-0.25, -0.2) is 0 Å². The third-order valence-corrected chi connectivity index (χ3v) is 4.87. The number of fused-ring (bicyclic) bond motifs is 1. The molecule has 2 aromatic carbocycles. The van der Waals surface area contributed by atoms with Gasteiger partial charge in [0, 0.05) is 18.5 Å². The Labute approximate surface area is 171 Å². The van der Waals surface area contributed by atoms with Crippen LogP contribution in [-0.4, -0.2) is 31.6 Å². The van der Waals surface area contributed by atoms with Crippen LogP contribution in [0.25, 0.3) is 0 Å². The van der Waals surface area contributed by atoms with Crippen LogP contribution in [0.4, 0.5) is 5.69 Å². The minimum Gasteiger partial charge on any atom is -0.494 e. The van der Waals surface area contributed by atoms with Crippen molar-refractivity contribution < 1.29 is 19.1 Å². The highest BCUT2D eigenvalue weighted by molar-refractivity contribution is 5.94. The van der Waals surface area contributed by atoms with Gasteiger partial charge < -0.3 is 20.1 Å². The monoisotopic (exact) mass is 396 g/mol. The van der Waals surface area contributed by atoms with E-state index in [4.69, 9.17) is 9.47 Å². The summed E-state index contributed by atoms with van der Waals surface area (Å²) in [5.41, 5.74) is 4.14. The Morgan fingerprint density at radius 1 is 1.07 bits per heavy atom. The average Bonchev–Trinajstić information content (AvgIpc) is 2.70. The van der Waals surface area contributed by atoms with Crippen molar-refractivity contribution in [3.05, 3.63) is 53.1 Å². The first-order valence-electron chi connectivity index (χ1n) is 10.0. The second-order valence-electron chi connectivity index (χ2n) is 7.24. The van der Waals surface area contributed by atoms with E-state index in [1.165, 1.54) is 0 Å². The maximum absolute atomic E-state index is 12.0. The Bertz CT molecular complexity index is 859. The summed E-state index contributed by atoms with van der Waals surface area (Å²) in [6.45, 7) is 5.42. The molecule has 0 saturated heterocycles. The molecule has 0 saturated carbocycles. The first-order valence-corrected chi connectivity index (χ1v) is 10.0. The molecule has 0 fully saturated rings. The molecule has 0 spiro atoms. The molecule has 2 amide bonds. The van der Waals surface area contributed by atoms with Crippen molar-refractivity contribution in [2.75, 3.05) is 25.1 Å². The van der Waals surface area contributed by atoms with Crippen LogP contribution < -0.4 is 20.1 Å². The number of anilines is 1. The number of ether oxygens (including phenoxy) is 2. The van der Waals surface area contributed by atoms with Gasteiger partial charge in [0.2, 0.25) is 11.8 Å². The summed E-state index contributed by atoms with van der Waals surface area (Å²) in [4.78, 5) is 23.4. The van der Waals surface area contributed by atoms with Crippen molar-refractivity contribution >= 4 is 17.5 Å². The van der Waals surface area contributed by atoms with E-state index in [0.717, 1.165) is 40.3 Å². The SMILES string of the molecule is Cc1cccc(C)c1OCCNC(=O)CCCOc1ccc2c(c1)CCC(=O)N2. The lowest BCUT2D eigenvalue weighted by molar-refractivity contribution is -0.121. The molecule has 1 aliphatic heterocycles. The summed E-state index contributed by atoms with van der Waals surface area (Å²) in [5, 5.41) is 5.73. The van der Waals surface area contributed by atoms with E-state index in [-0.39, 0.29) is 11.8 Å². The first-order chi connectivity index (χ1) is 14.0. The minimum absolute atomic E-state index is 0.00754. The number of hydrogen-bond acceptors (Lipinski definition) is 4. The Balaban J connectivity index is 1.31. The van der Waals surface area contributed by atoms with Gasteiger partial charge in [-0.1, -0.05) is 18.2 Å². The summed E-state index contributed by atoms with van der Waals surface area (Å²) >= 11 is 0. The number of aryl methyl sites for hydroxylation is 3. The number of carbonyl (C=O) groups excluding carboxylic acids is 2. The second-order valence-corrected chi connectivity index (χ2v) is 7.24. The molecule has 0 unspecified atom stereocenters. The van der Waals surface area contributed by atoms with Crippen LogP contribution in [0.1, 0.15) is 36.0 Å². The fraction of sp³-hybridized carbons (Fsp3) is 0.391. The molecule has 1 aliphatic rings. The van der Waals surface area contributed by atoms with Gasteiger partial charge in [0.05, 0.1) is 13.2 Å². The highest BCUT2D eigenvalue weighted by Gasteiger charge is 2.15. The van der Waals surface area contributed by atoms with E-state index in [0.29, 0.717) is 39.0 Å². The minimum atomic E-state index is -0.00754. The average molecular weight is 396 g/mol. The zero-order valence-electron chi connectivity index (χ0n) is 17.0. The molecule has 2 aromatic rings. The molecule has 0 aliphatic carbocycles. The largest absolute Gasteiger partial charge is 0.494 e. The summed E-state index contributed by atoms with van der Waals surface area (Å²) in [6.07, 6.45) is 2.27. The van der Waals surface area contributed by atoms with Gasteiger partial charge in [-0.3, -0.25) is 9.59 Å². The molecule has 29 heavy (non-hydrogen) atoms. The number of nitrogens with one attached hydrogen (secondary N) is 2. The first kappa shape index (κ1) is 20.7. The lowest BCUT2D eigenvalue weighted by Crippen LogP contribution is -2.28. The summed E-state index contributed by atoms with van der Waals surface area (Å²) < 4.78 is 11.5. The number of benzene rings is 2. The number of amides is 2. The van der Waals surface area contributed by atoms with Gasteiger partial charge in [0.15, 0.2) is 0 Å². The molecule has 1 heterocycles. The molecule has 0 radical (unpaired) electrons. The number of hydrogen-bond donors (Lipinski definition) is 2. The molecule has 154 valence electrons. The molecular formula is C23H28N2O4.